The summed E-state index contributed by atoms with van der Waals surface area (Å²) in [6.07, 6.45) is 3.40. The summed E-state index contributed by atoms with van der Waals surface area (Å²) in [5.74, 6) is -0.297. The van der Waals surface area contributed by atoms with E-state index in [1.807, 2.05) is 26.0 Å². The molecular weight excluding hydrogens is 252 g/mol. The lowest BCUT2D eigenvalue weighted by Crippen LogP contribution is -2.46. The van der Waals surface area contributed by atoms with Gasteiger partial charge in [0, 0.05) is 12.6 Å². The fourth-order valence-electron chi connectivity index (χ4n) is 2.62. The highest BCUT2D eigenvalue weighted by molar-refractivity contribution is 5.97. The normalized spacial score (nSPS) is 14.8. The molecule has 0 fully saturated rings. The number of fused-ring (bicyclic) bond motifs is 1. The van der Waals surface area contributed by atoms with Crippen LogP contribution in [0.5, 0.6) is 0 Å². The highest BCUT2D eigenvalue weighted by Gasteiger charge is 2.23. The van der Waals surface area contributed by atoms with Crippen molar-refractivity contribution in [3.63, 3.8) is 0 Å². The average Bonchev–Trinajstić information content (AvgIpc) is 2.82. The second-order valence-electron chi connectivity index (χ2n) is 5.75. The monoisotopic (exact) mass is 274 g/mol. The molecule has 0 saturated carbocycles. The third-order valence-electron chi connectivity index (χ3n) is 3.67. The van der Waals surface area contributed by atoms with Crippen LogP contribution in [0.25, 0.3) is 0 Å². The summed E-state index contributed by atoms with van der Waals surface area (Å²) in [4.78, 5) is 23.4. The second-order valence-corrected chi connectivity index (χ2v) is 5.75. The molecule has 1 atom stereocenters. The average molecular weight is 274 g/mol. The van der Waals surface area contributed by atoms with Gasteiger partial charge in [-0.1, -0.05) is 19.9 Å². The first kappa shape index (κ1) is 14.6. The van der Waals surface area contributed by atoms with Gasteiger partial charge in [-0.3, -0.25) is 9.59 Å². The maximum absolute atomic E-state index is 12.3. The molecule has 4 nitrogen and oxygen atoms in total. The highest BCUT2D eigenvalue weighted by atomic mass is 16.2. The van der Waals surface area contributed by atoms with Crippen molar-refractivity contribution in [2.24, 2.45) is 5.92 Å². The molecule has 20 heavy (non-hydrogen) atoms. The summed E-state index contributed by atoms with van der Waals surface area (Å²) in [5, 5.41) is 5.61. The molecule has 0 spiro atoms. The Kier molecular flexibility index (Phi) is 4.42. The number of carbonyl (C=O) groups excluding carboxylic acids is 2. The Labute approximate surface area is 119 Å². The van der Waals surface area contributed by atoms with Gasteiger partial charge in [0.25, 0.3) is 0 Å². The first-order valence-electron chi connectivity index (χ1n) is 7.17. The molecule has 108 valence electrons. The minimum atomic E-state index is -0.499. The van der Waals surface area contributed by atoms with Crippen LogP contribution in [0.4, 0.5) is 5.69 Å². The van der Waals surface area contributed by atoms with E-state index in [-0.39, 0.29) is 17.7 Å². The maximum atomic E-state index is 12.3. The number of amides is 2. The van der Waals surface area contributed by atoms with Gasteiger partial charge in [-0.05, 0) is 48.4 Å². The fraction of sp³-hybridized carbons (Fsp3) is 0.500. The van der Waals surface area contributed by atoms with Gasteiger partial charge in [-0.15, -0.1) is 0 Å². The number of hydrogen-bond acceptors (Lipinski definition) is 2. The number of anilines is 1. The quantitative estimate of drug-likeness (QED) is 0.885. The topological polar surface area (TPSA) is 58.2 Å². The molecule has 2 amide bonds. The molecule has 1 aliphatic carbocycles. The molecule has 0 heterocycles. The predicted octanol–water partition coefficient (Wildman–Crippen LogP) is 2.27. The predicted molar refractivity (Wildman–Crippen MR) is 79.5 cm³/mol. The summed E-state index contributed by atoms with van der Waals surface area (Å²) in [7, 11) is 0. The van der Waals surface area contributed by atoms with Crippen molar-refractivity contribution in [3.8, 4) is 0 Å². The van der Waals surface area contributed by atoms with E-state index in [4.69, 9.17) is 0 Å². The van der Waals surface area contributed by atoms with E-state index in [9.17, 15) is 9.59 Å². The summed E-state index contributed by atoms with van der Waals surface area (Å²) in [6, 6.07) is 5.57. The van der Waals surface area contributed by atoms with E-state index < -0.39 is 6.04 Å². The lowest BCUT2D eigenvalue weighted by molar-refractivity contribution is -0.126. The Balaban J connectivity index is 2.07. The molecule has 1 aromatic carbocycles. The van der Waals surface area contributed by atoms with Crippen LogP contribution in [-0.2, 0) is 22.4 Å². The van der Waals surface area contributed by atoms with E-state index in [2.05, 4.69) is 16.7 Å². The van der Waals surface area contributed by atoms with E-state index in [0.717, 1.165) is 18.5 Å². The first-order chi connectivity index (χ1) is 9.47. The number of aryl methyl sites for hydroxylation is 2. The summed E-state index contributed by atoms with van der Waals surface area (Å²) < 4.78 is 0. The van der Waals surface area contributed by atoms with Crippen molar-refractivity contribution in [2.45, 2.75) is 46.1 Å². The van der Waals surface area contributed by atoms with Gasteiger partial charge < -0.3 is 10.6 Å². The van der Waals surface area contributed by atoms with Gasteiger partial charge >= 0.3 is 0 Å². The smallest absolute Gasteiger partial charge is 0.247 e. The molecule has 4 heteroatoms. The molecule has 0 bridgehead atoms. The van der Waals surface area contributed by atoms with E-state index >= 15 is 0 Å². The van der Waals surface area contributed by atoms with Crippen LogP contribution in [0.1, 0.15) is 38.3 Å². The minimum Gasteiger partial charge on any atom is -0.344 e. The number of rotatable bonds is 4. The molecule has 0 unspecified atom stereocenters. The van der Waals surface area contributed by atoms with E-state index in [1.54, 1.807) is 0 Å². The van der Waals surface area contributed by atoms with Crippen molar-refractivity contribution in [3.05, 3.63) is 29.3 Å². The largest absolute Gasteiger partial charge is 0.344 e. The number of carbonyl (C=O) groups is 2. The Morgan fingerprint density at radius 2 is 1.85 bits per heavy atom. The second kappa shape index (κ2) is 6.07. The van der Waals surface area contributed by atoms with Crippen LogP contribution in [0.2, 0.25) is 0 Å². The Morgan fingerprint density at radius 1 is 1.15 bits per heavy atom. The lowest BCUT2D eigenvalue weighted by Gasteiger charge is -2.21. The van der Waals surface area contributed by atoms with E-state index in [1.165, 1.54) is 24.5 Å². The van der Waals surface area contributed by atoms with Crippen LogP contribution >= 0.6 is 0 Å². The van der Waals surface area contributed by atoms with Crippen molar-refractivity contribution < 1.29 is 9.59 Å². The van der Waals surface area contributed by atoms with Gasteiger partial charge in [0.05, 0.1) is 0 Å². The summed E-state index contributed by atoms with van der Waals surface area (Å²) in [5.41, 5.74) is 3.51. The molecular formula is C16H22N2O2. The molecule has 1 aliphatic rings. The van der Waals surface area contributed by atoms with E-state index in [0.29, 0.717) is 0 Å². The first-order valence-corrected chi connectivity index (χ1v) is 7.17. The minimum absolute atomic E-state index is 0.0494. The third-order valence-corrected chi connectivity index (χ3v) is 3.67. The number of nitrogens with one attached hydrogen (secondary N) is 2. The Bertz CT molecular complexity index is 523. The standard InChI is InChI=1S/C16H22N2O2/c1-10(2)15(17-11(3)19)16(20)18-14-8-7-12-5-4-6-13(12)9-14/h7-10,15H,4-6H2,1-3H3,(H,17,19)(H,18,20)/t15-/m0/s1. The van der Waals surface area contributed by atoms with Gasteiger partial charge in [0.15, 0.2) is 0 Å². The Hall–Kier alpha value is -1.84. The maximum Gasteiger partial charge on any atom is 0.247 e. The number of hydrogen-bond donors (Lipinski definition) is 2. The zero-order chi connectivity index (χ0) is 14.7. The summed E-state index contributed by atoms with van der Waals surface area (Å²) >= 11 is 0. The zero-order valence-electron chi connectivity index (χ0n) is 12.3. The van der Waals surface area contributed by atoms with Gasteiger partial charge in [-0.25, -0.2) is 0 Å². The zero-order valence-corrected chi connectivity index (χ0v) is 12.3. The van der Waals surface area contributed by atoms with Crippen molar-refractivity contribution in [1.82, 2.24) is 5.32 Å². The Morgan fingerprint density at radius 3 is 2.50 bits per heavy atom. The molecule has 0 aliphatic heterocycles. The molecule has 2 rings (SSSR count). The number of benzene rings is 1. The molecule has 0 radical (unpaired) electrons. The van der Waals surface area contributed by atoms with Crippen LogP contribution < -0.4 is 10.6 Å². The van der Waals surface area contributed by atoms with Gasteiger partial charge in [0.2, 0.25) is 11.8 Å². The molecule has 0 saturated heterocycles. The molecule has 1 aromatic rings. The van der Waals surface area contributed by atoms with Crippen molar-refractivity contribution in [2.75, 3.05) is 5.32 Å². The molecule has 2 N–H and O–H groups in total. The van der Waals surface area contributed by atoms with Gasteiger partial charge in [0.1, 0.15) is 6.04 Å². The fourth-order valence-corrected chi connectivity index (χ4v) is 2.62. The van der Waals surface area contributed by atoms with Crippen LogP contribution in [0.3, 0.4) is 0 Å². The van der Waals surface area contributed by atoms with Crippen molar-refractivity contribution in [1.29, 1.82) is 0 Å². The van der Waals surface area contributed by atoms with Crippen LogP contribution in [-0.4, -0.2) is 17.9 Å². The highest BCUT2D eigenvalue weighted by Crippen LogP contribution is 2.25. The van der Waals surface area contributed by atoms with Crippen LogP contribution in [0.15, 0.2) is 18.2 Å². The van der Waals surface area contributed by atoms with Crippen LogP contribution in [0, 0.1) is 5.92 Å². The van der Waals surface area contributed by atoms with Crippen molar-refractivity contribution >= 4 is 17.5 Å². The van der Waals surface area contributed by atoms with Gasteiger partial charge in [-0.2, -0.15) is 0 Å². The molecule has 0 aromatic heterocycles. The SMILES string of the molecule is CC(=O)N[C@H](C(=O)Nc1ccc2c(c1)CCC2)C(C)C. The lowest BCUT2D eigenvalue weighted by atomic mass is 10.0. The summed E-state index contributed by atoms with van der Waals surface area (Å²) in [6.45, 7) is 5.27. The third kappa shape index (κ3) is 3.38.